The summed E-state index contributed by atoms with van der Waals surface area (Å²) >= 11 is 0. The first kappa shape index (κ1) is 19.3. The van der Waals surface area contributed by atoms with E-state index in [1.807, 2.05) is 13.0 Å². The van der Waals surface area contributed by atoms with Crippen LogP contribution in [0.4, 0.5) is 4.79 Å². The second-order valence-electron chi connectivity index (χ2n) is 6.73. The van der Waals surface area contributed by atoms with Crippen molar-refractivity contribution in [3.8, 4) is 5.75 Å². The summed E-state index contributed by atoms with van der Waals surface area (Å²) in [5, 5.41) is 5.36. The van der Waals surface area contributed by atoms with Gasteiger partial charge in [0.1, 0.15) is 17.8 Å². The molecule has 0 saturated carbocycles. The Balaban J connectivity index is 1.70. The Morgan fingerprint density at radius 2 is 2.07 bits per heavy atom. The molecule has 2 N–H and O–H groups in total. The van der Waals surface area contributed by atoms with Crippen molar-refractivity contribution in [2.45, 2.75) is 25.9 Å². The van der Waals surface area contributed by atoms with Crippen LogP contribution in [-0.2, 0) is 21.7 Å². The molecule has 1 saturated heterocycles. The fraction of sp³-hybridized carbons (Fsp3) is 0.300. The fourth-order valence-electron chi connectivity index (χ4n) is 3.12. The highest BCUT2D eigenvalue weighted by Crippen LogP contribution is 2.31. The second kappa shape index (κ2) is 7.67. The predicted molar refractivity (Wildman–Crippen MR) is 101 cm³/mol. The van der Waals surface area contributed by atoms with Crippen LogP contribution in [0.15, 0.2) is 42.6 Å². The first-order valence-electron chi connectivity index (χ1n) is 8.81. The molecule has 1 unspecified atom stereocenters. The molecule has 1 aromatic carbocycles. The number of aryl methyl sites for hydroxylation is 1. The number of imide groups is 1. The standard InChI is InChI=1S/C20H22N4O4/c1-13-10-14(7-8-16(13)28-3)20(2)18(26)24(19(27)23-20)12-17(25)22-11-15-6-4-5-9-21-15/h4-10H,11-12H2,1-3H3,(H,22,25)(H,23,27). The number of rotatable bonds is 6. The van der Waals surface area contributed by atoms with E-state index in [0.29, 0.717) is 17.0 Å². The third-order valence-corrected chi connectivity index (χ3v) is 4.74. The number of amides is 4. The number of urea groups is 1. The fourth-order valence-corrected chi connectivity index (χ4v) is 3.12. The van der Waals surface area contributed by atoms with Gasteiger partial charge in [0.05, 0.1) is 19.3 Å². The zero-order valence-corrected chi connectivity index (χ0v) is 16.0. The molecule has 8 nitrogen and oxygen atoms in total. The summed E-state index contributed by atoms with van der Waals surface area (Å²) in [6.07, 6.45) is 1.63. The van der Waals surface area contributed by atoms with Crippen molar-refractivity contribution < 1.29 is 19.1 Å². The van der Waals surface area contributed by atoms with Gasteiger partial charge in [-0.25, -0.2) is 4.79 Å². The molecule has 1 aliphatic heterocycles. The van der Waals surface area contributed by atoms with Gasteiger partial charge in [-0.2, -0.15) is 0 Å². The number of hydrogen-bond acceptors (Lipinski definition) is 5. The van der Waals surface area contributed by atoms with E-state index in [-0.39, 0.29) is 13.1 Å². The maximum Gasteiger partial charge on any atom is 0.325 e. The van der Waals surface area contributed by atoms with Gasteiger partial charge >= 0.3 is 6.03 Å². The summed E-state index contributed by atoms with van der Waals surface area (Å²) in [6.45, 7) is 3.34. The van der Waals surface area contributed by atoms with Gasteiger partial charge in [0.25, 0.3) is 5.91 Å². The summed E-state index contributed by atoms with van der Waals surface area (Å²) in [6, 6.07) is 10.0. The molecule has 3 rings (SSSR count). The van der Waals surface area contributed by atoms with Gasteiger partial charge in [-0.1, -0.05) is 12.1 Å². The van der Waals surface area contributed by atoms with E-state index >= 15 is 0 Å². The molecule has 2 aromatic rings. The van der Waals surface area contributed by atoms with Crippen molar-refractivity contribution in [2.24, 2.45) is 0 Å². The highest BCUT2D eigenvalue weighted by molar-refractivity contribution is 6.09. The van der Waals surface area contributed by atoms with Gasteiger partial charge in [0.2, 0.25) is 5.91 Å². The maximum atomic E-state index is 12.9. The van der Waals surface area contributed by atoms with Crippen LogP contribution >= 0.6 is 0 Å². The minimum atomic E-state index is -1.24. The summed E-state index contributed by atoms with van der Waals surface area (Å²) in [5.41, 5.74) is 0.914. The van der Waals surface area contributed by atoms with E-state index in [1.54, 1.807) is 50.6 Å². The van der Waals surface area contributed by atoms with Crippen LogP contribution < -0.4 is 15.4 Å². The van der Waals surface area contributed by atoms with E-state index in [9.17, 15) is 14.4 Å². The number of carbonyl (C=O) groups excluding carboxylic acids is 3. The van der Waals surface area contributed by atoms with Crippen LogP contribution in [0.5, 0.6) is 5.75 Å². The topological polar surface area (TPSA) is 101 Å². The average molecular weight is 382 g/mol. The molecular weight excluding hydrogens is 360 g/mol. The lowest BCUT2D eigenvalue weighted by Gasteiger charge is -2.23. The monoisotopic (exact) mass is 382 g/mol. The first-order valence-corrected chi connectivity index (χ1v) is 8.81. The van der Waals surface area contributed by atoms with Gasteiger partial charge < -0.3 is 15.4 Å². The van der Waals surface area contributed by atoms with Crippen LogP contribution in [0.3, 0.4) is 0 Å². The Morgan fingerprint density at radius 1 is 1.29 bits per heavy atom. The number of carbonyl (C=O) groups is 3. The number of benzene rings is 1. The van der Waals surface area contributed by atoms with Crippen LogP contribution in [0, 0.1) is 6.92 Å². The molecule has 8 heteroatoms. The minimum absolute atomic E-state index is 0.221. The molecule has 2 heterocycles. The quantitative estimate of drug-likeness (QED) is 0.737. The van der Waals surface area contributed by atoms with Crippen molar-refractivity contribution in [3.05, 3.63) is 59.4 Å². The normalized spacial score (nSPS) is 18.8. The molecule has 0 radical (unpaired) electrons. The highest BCUT2D eigenvalue weighted by atomic mass is 16.5. The number of ether oxygens (including phenoxy) is 1. The van der Waals surface area contributed by atoms with Crippen molar-refractivity contribution in [2.75, 3.05) is 13.7 Å². The third-order valence-electron chi connectivity index (χ3n) is 4.74. The zero-order valence-electron chi connectivity index (χ0n) is 16.0. The van der Waals surface area contributed by atoms with Crippen LogP contribution in [0.1, 0.15) is 23.7 Å². The van der Waals surface area contributed by atoms with Gasteiger partial charge in [-0.3, -0.25) is 19.5 Å². The number of aromatic nitrogens is 1. The van der Waals surface area contributed by atoms with Gasteiger partial charge in [-0.15, -0.1) is 0 Å². The number of methoxy groups -OCH3 is 1. The molecule has 1 aliphatic rings. The number of nitrogens with zero attached hydrogens (tertiary/aromatic N) is 2. The Morgan fingerprint density at radius 3 is 2.71 bits per heavy atom. The van der Waals surface area contributed by atoms with E-state index in [4.69, 9.17) is 4.74 Å². The van der Waals surface area contributed by atoms with Crippen molar-refractivity contribution in [1.29, 1.82) is 0 Å². The largest absolute Gasteiger partial charge is 0.496 e. The molecule has 1 atom stereocenters. The molecular formula is C20H22N4O4. The molecule has 146 valence electrons. The summed E-state index contributed by atoms with van der Waals surface area (Å²) in [5.74, 6) is -0.228. The summed E-state index contributed by atoms with van der Waals surface area (Å²) in [4.78, 5) is 42.6. The van der Waals surface area contributed by atoms with E-state index in [2.05, 4.69) is 15.6 Å². The molecule has 1 fully saturated rings. The molecule has 0 spiro atoms. The number of hydrogen-bond donors (Lipinski definition) is 2. The summed E-state index contributed by atoms with van der Waals surface area (Å²) < 4.78 is 5.24. The predicted octanol–water partition coefficient (Wildman–Crippen LogP) is 1.48. The van der Waals surface area contributed by atoms with Gasteiger partial charge in [0.15, 0.2) is 0 Å². The Labute approximate surface area is 162 Å². The van der Waals surface area contributed by atoms with Crippen molar-refractivity contribution >= 4 is 17.8 Å². The SMILES string of the molecule is COc1ccc(C2(C)NC(=O)N(CC(=O)NCc3ccccn3)C2=O)cc1C. The van der Waals surface area contributed by atoms with Crippen molar-refractivity contribution in [1.82, 2.24) is 20.5 Å². The Bertz CT molecular complexity index is 916. The molecule has 1 aromatic heterocycles. The van der Waals surface area contributed by atoms with Crippen LogP contribution in [0.2, 0.25) is 0 Å². The number of nitrogens with one attached hydrogen (secondary N) is 2. The average Bonchev–Trinajstić information content (AvgIpc) is 2.91. The molecule has 0 aliphatic carbocycles. The smallest absolute Gasteiger partial charge is 0.325 e. The van der Waals surface area contributed by atoms with E-state index in [1.165, 1.54) is 0 Å². The molecule has 4 amide bonds. The highest BCUT2D eigenvalue weighted by Gasteiger charge is 2.49. The van der Waals surface area contributed by atoms with Crippen LogP contribution in [-0.4, -0.2) is 41.4 Å². The van der Waals surface area contributed by atoms with E-state index < -0.39 is 23.4 Å². The van der Waals surface area contributed by atoms with E-state index in [0.717, 1.165) is 10.5 Å². The van der Waals surface area contributed by atoms with Crippen LogP contribution in [0.25, 0.3) is 0 Å². The lowest BCUT2D eigenvalue weighted by Crippen LogP contribution is -2.43. The lowest BCUT2D eigenvalue weighted by molar-refractivity contribution is -0.134. The van der Waals surface area contributed by atoms with Crippen molar-refractivity contribution in [3.63, 3.8) is 0 Å². The Kier molecular flexibility index (Phi) is 5.30. The Hall–Kier alpha value is -3.42. The first-order chi connectivity index (χ1) is 13.3. The zero-order chi connectivity index (χ0) is 20.3. The maximum absolute atomic E-state index is 12.9. The number of pyridine rings is 1. The lowest BCUT2D eigenvalue weighted by atomic mass is 9.90. The second-order valence-corrected chi connectivity index (χ2v) is 6.73. The van der Waals surface area contributed by atoms with Gasteiger partial charge in [0, 0.05) is 6.20 Å². The minimum Gasteiger partial charge on any atom is -0.496 e. The summed E-state index contributed by atoms with van der Waals surface area (Å²) in [7, 11) is 1.57. The molecule has 28 heavy (non-hydrogen) atoms. The molecule has 0 bridgehead atoms. The third kappa shape index (κ3) is 3.66. The van der Waals surface area contributed by atoms with Gasteiger partial charge in [-0.05, 0) is 49.2 Å².